The first-order chi connectivity index (χ1) is 22.7. The fourth-order valence-electron chi connectivity index (χ4n) is 5.47. The third kappa shape index (κ3) is 11.2. The Labute approximate surface area is 276 Å². The van der Waals surface area contributed by atoms with Crippen LogP contribution in [-0.2, 0) is 22.4 Å². The second-order valence-corrected chi connectivity index (χ2v) is 11.8. The van der Waals surface area contributed by atoms with Crippen molar-refractivity contribution in [3.8, 4) is 33.8 Å². The van der Waals surface area contributed by atoms with Crippen LogP contribution in [0.1, 0.15) is 56.1 Å². The monoisotopic (exact) mass is 641 g/mol. The van der Waals surface area contributed by atoms with E-state index in [0.29, 0.717) is 25.2 Å². The number of carboxylic acid groups (broad SMARTS) is 2. The van der Waals surface area contributed by atoms with Crippen molar-refractivity contribution >= 4 is 17.6 Å². The highest BCUT2D eigenvalue weighted by molar-refractivity contribution is 5.76. The molecule has 0 aliphatic heterocycles. The van der Waals surface area contributed by atoms with Gasteiger partial charge in [0.1, 0.15) is 17.3 Å². The Morgan fingerprint density at radius 2 is 1.28 bits per heavy atom. The number of anilines is 1. The number of aryl methyl sites for hydroxylation is 1. The first-order valence-corrected chi connectivity index (χ1v) is 16.2. The van der Waals surface area contributed by atoms with E-state index in [4.69, 9.17) is 14.6 Å². The maximum Gasteiger partial charge on any atom is 0.303 e. The highest BCUT2D eigenvalue weighted by Gasteiger charge is 2.13. The largest absolute Gasteiger partial charge is 0.494 e. The van der Waals surface area contributed by atoms with Crippen molar-refractivity contribution in [2.24, 2.45) is 0 Å². The minimum absolute atomic E-state index is 0.00526. The van der Waals surface area contributed by atoms with E-state index in [9.17, 15) is 19.1 Å². The number of benzene rings is 4. The molecule has 47 heavy (non-hydrogen) atoms. The van der Waals surface area contributed by atoms with Gasteiger partial charge in [-0.25, -0.2) is 4.39 Å². The second-order valence-electron chi connectivity index (χ2n) is 11.8. The van der Waals surface area contributed by atoms with Crippen molar-refractivity contribution in [1.29, 1.82) is 0 Å². The zero-order valence-corrected chi connectivity index (χ0v) is 27.2. The Morgan fingerprint density at radius 3 is 1.91 bits per heavy atom. The second kappa shape index (κ2) is 17.7. The van der Waals surface area contributed by atoms with Crippen LogP contribution in [0.4, 0.5) is 10.1 Å². The number of hydrogen-bond acceptors (Lipinski definition) is 5. The summed E-state index contributed by atoms with van der Waals surface area (Å²) in [5.74, 6) is -0.603. The van der Waals surface area contributed by atoms with E-state index >= 15 is 0 Å². The van der Waals surface area contributed by atoms with Crippen molar-refractivity contribution in [1.82, 2.24) is 0 Å². The first-order valence-electron chi connectivity index (χ1n) is 16.2. The summed E-state index contributed by atoms with van der Waals surface area (Å²) in [6.07, 6.45) is 5.38. The quantitative estimate of drug-likeness (QED) is 0.0989. The average molecular weight is 642 g/mol. The molecule has 4 rings (SSSR count). The number of hydrogen-bond donors (Lipinski definition) is 2. The SMILES string of the molecule is CN(C)c1ccc(-c2cc(OCCCCCCc3cccc(OCCCC(=O)O)c3CCC(=O)O)cc(-c3ccc(F)cc3)c2)cc1. The zero-order chi connectivity index (χ0) is 33.6. The normalized spacial score (nSPS) is 10.9. The highest BCUT2D eigenvalue weighted by Crippen LogP contribution is 2.33. The number of aliphatic carboxylic acids is 2. The topological polar surface area (TPSA) is 96.3 Å². The third-order valence-corrected chi connectivity index (χ3v) is 8.02. The molecule has 0 fully saturated rings. The summed E-state index contributed by atoms with van der Waals surface area (Å²) in [5.41, 5.74) is 7.05. The van der Waals surface area contributed by atoms with Gasteiger partial charge in [0.15, 0.2) is 0 Å². The van der Waals surface area contributed by atoms with Gasteiger partial charge in [0.05, 0.1) is 13.2 Å². The first kappa shape index (κ1) is 35.0. The molecule has 0 amide bonds. The van der Waals surface area contributed by atoms with Gasteiger partial charge < -0.3 is 24.6 Å². The minimum atomic E-state index is -0.867. The highest BCUT2D eigenvalue weighted by atomic mass is 19.1. The molecule has 0 saturated heterocycles. The van der Waals surface area contributed by atoms with Gasteiger partial charge in [0, 0.05) is 32.6 Å². The van der Waals surface area contributed by atoms with Crippen LogP contribution in [-0.4, -0.2) is 49.5 Å². The lowest BCUT2D eigenvalue weighted by atomic mass is 9.97. The Hall–Kier alpha value is -4.85. The lowest BCUT2D eigenvalue weighted by Crippen LogP contribution is -2.07. The van der Waals surface area contributed by atoms with Gasteiger partial charge in [-0.05, 0) is 114 Å². The van der Waals surface area contributed by atoms with Crippen molar-refractivity contribution in [3.05, 3.63) is 102 Å². The summed E-state index contributed by atoms with van der Waals surface area (Å²) in [4.78, 5) is 24.2. The number of unbranched alkanes of at least 4 members (excludes halogenated alkanes) is 3. The molecule has 4 aromatic rings. The number of ether oxygens (including phenoxy) is 2. The van der Waals surface area contributed by atoms with Crippen LogP contribution in [0.5, 0.6) is 11.5 Å². The van der Waals surface area contributed by atoms with E-state index in [1.54, 1.807) is 12.1 Å². The molecule has 248 valence electrons. The third-order valence-electron chi connectivity index (χ3n) is 8.02. The molecule has 0 aliphatic carbocycles. The fraction of sp³-hybridized carbons (Fsp3) is 0.333. The molecule has 0 spiro atoms. The predicted molar refractivity (Wildman–Crippen MR) is 184 cm³/mol. The molecule has 8 heteroatoms. The number of rotatable bonds is 19. The van der Waals surface area contributed by atoms with Gasteiger partial charge in [-0.2, -0.15) is 0 Å². The number of carbonyl (C=O) groups is 2. The van der Waals surface area contributed by atoms with E-state index in [1.165, 1.54) is 12.1 Å². The van der Waals surface area contributed by atoms with E-state index in [1.807, 2.05) is 44.4 Å². The predicted octanol–water partition coefficient (Wildman–Crippen LogP) is 8.67. The van der Waals surface area contributed by atoms with Crippen LogP contribution in [0, 0.1) is 5.82 Å². The van der Waals surface area contributed by atoms with Gasteiger partial charge in [-0.15, -0.1) is 0 Å². The molecule has 0 radical (unpaired) electrons. The van der Waals surface area contributed by atoms with E-state index < -0.39 is 11.9 Å². The maximum atomic E-state index is 13.6. The molecule has 0 saturated carbocycles. The van der Waals surface area contributed by atoms with Crippen molar-refractivity contribution in [2.45, 2.75) is 57.8 Å². The van der Waals surface area contributed by atoms with Gasteiger partial charge in [0.25, 0.3) is 0 Å². The minimum Gasteiger partial charge on any atom is -0.494 e. The van der Waals surface area contributed by atoms with E-state index in [0.717, 1.165) is 76.9 Å². The van der Waals surface area contributed by atoms with Crippen LogP contribution in [0.25, 0.3) is 22.3 Å². The molecule has 0 aliphatic rings. The Bertz CT molecular complexity index is 1600. The van der Waals surface area contributed by atoms with Gasteiger partial charge in [0.2, 0.25) is 0 Å². The van der Waals surface area contributed by atoms with Gasteiger partial charge in [-0.3, -0.25) is 9.59 Å². The summed E-state index contributed by atoms with van der Waals surface area (Å²) in [6.45, 7) is 0.836. The molecule has 0 heterocycles. The summed E-state index contributed by atoms with van der Waals surface area (Å²) >= 11 is 0. The zero-order valence-electron chi connectivity index (χ0n) is 27.2. The van der Waals surface area contributed by atoms with Gasteiger partial charge in [-0.1, -0.05) is 49.2 Å². The van der Waals surface area contributed by atoms with E-state index in [2.05, 4.69) is 35.2 Å². The van der Waals surface area contributed by atoms with Crippen LogP contribution < -0.4 is 14.4 Å². The fourth-order valence-corrected chi connectivity index (χ4v) is 5.47. The number of carboxylic acids is 2. The maximum absolute atomic E-state index is 13.6. The van der Waals surface area contributed by atoms with Gasteiger partial charge >= 0.3 is 11.9 Å². The van der Waals surface area contributed by atoms with Crippen LogP contribution in [0.15, 0.2) is 84.9 Å². The lowest BCUT2D eigenvalue weighted by molar-refractivity contribution is -0.138. The Kier molecular flexibility index (Phi) is 13.2. The Morgan fingerprint density at radius 1 is 0.660 bits per heavy atom. The Balaban J connectivity index is 1.34. The summed E-state index contributed by atoms with van der Waals surface area (Å²) in [5, 5.41) is 18.1. The molecule has 2 N–H and O–H groups in total. The smallest absolute Gasteiger partial charge is 0.303 e. The van der Waals surface area contributed by atoms with Crippen LogP contribution in [0.3, 0.4) is 0 Å². The molecule has 7 nitrogen and oxygen atoms in total. The molecular formula is C39H44FNO6. The molecule has 0 aromatic heterocycles. The number of nitrogens with zero attached hydrogens (tertiary/aromatic N) is 1. The van der Waals surface area contributed by atoms with Crippen LogP contribution >= 0.6 is 0 Å². The average Bonchev–Trinajstić information content (AvgIpc) is 3.05. The molecule has 4 aromatic carbocycles. The van der Waals surface area contributed by atoms with Crippen LogP contribution in [0.2, 0.25) is 0 Å². The number of halogens is 1. The summed E-state index contributed by atoms with van der Waals surface area (Å²) < 4.78 is 25.7. The molecular weight excluding hydrogens is 597 g/mol. The summed E-state index contributed by atoms with van der Waals surface area (Å²) in [6, 6.07) is 26.8. The molecule has 0 bridgehead atoms. The molecule has 0 unspecified atom stereocenters. The lowest BCUT2D eigenvalue weighted by Gasteiger charge is -2.15. The molecule has 0 atom stereocenters. The van der Waals surface area contributed by atoms with E-state index in [-0.39, 0.29) is 25.3 Å². The van der Waals surface area contributed by atoms with Crippen molar-refractivity contribution in [2.75, 3.05) is 32.2 Å². The standard InChI is InChI=1S/C39H44FNO6/c1-41(2)34-19-15-29(16-20-34)32-25-31(28-13-17-33(40)18-14-28)26-35(27-32)46-23-6-4-3-5-9-30-10-7-11-37(36(30)21-22-39(44)45)47-24-8-12-38(42)43/h7,10-11,13-20,25-27H,3-6,8-9,12,21-24H2,1-2H3,(H,42,43)(H,44,45). The van der Waals surface area contributed by atoms with Crippen molar-refractivity contribution in [3.63, 3.8) is 0 Å². The summed E-state index contributed by atoms with van der Waals surface area (Å²) in [7, 11) is 4.02. The van der Waals surface area contributed by atoms with Crippen molar-refractivity contribution < 1.29 is 33.7 Å².